The van der Waals surface area contributed by atoms with Crippen molar-refractivity contribution in [3.05, 3.63) is 71.8 Å². The van der Waals surface area contributed by atoms with Crippen LogP contribution in [-0.2, 0) is 31.3 Å². The highest BCUT2D eigenvalue weighted by atomic mass is 32.2. The van der Waals surface area contributed by atoms with Crippen molar-refractivity contribution in [2.24, 2.45) is 0 Å². The Morgan fingerprint density at radius 2 is 1.51 bits per heavy atom. The molecule has 0 aliphatic carbocycles. The quantitative estimate of drug-likeness (QED) is 0.312. The van der Waals surface area contributed by atoms with Crippen LogP contribution in [0, 0.1) is 0 Å². The van der Waals surface area contributed by atoms with Crippen LogP contribution in [-0.4, -0.2) is 68.0 Å². The van der Waals surface area contributed by atoms with Gasteiger partial charge in [0.05, 0.1) is 37.6 Å². The second-order valence-corrected chi connectivity index (χ2v) is 14.5. The molecule has 5 rings (SSSR count). The van der Waals surface area contributed by atoms with Crippen LogP contribution in [0.3, 0.4) is 0 Å². The summed E-state index contributed by atoms with van der Waals surface area (Å²) in [6.07, 6.45) is 6.82. The van der Waals surface area contributed by atoms with Gasteiger partial charge in [-0.25, -0.2) is 16.8 Å². The highest BCUT2D eigenvalue weighted by Crippen LogP contribution is 2.41. The Morgan fingerprint density at radius 3 is 2.20 bits per heavy atom. The zero-order valence-corrected chi connectivity index (χ0v) is 27.1. The van der Waals surface area contributed by atoms with E-state index in [-0.39, 0.29) is 39.3 Å². The normalized spacial score (nSPS) is 15.8. The first-order valence-corrected chi connectivity index (χ1v) is 17.5. The lowest BCUT2D eigenvalue weighted by Gasteiger charge is -2.22. The van der Waals surface area contributed by atoms with Gasteiger partial charge in [0.1, 0.15) is 10.6 Å². The van der Waals surface area contributed by atoms with Gasteiger partial charge in [0.2, 0.25) is 15.9 Å². The molecule has 0 bridgehead atoms. The topological polar surface area (TPSA) is 132 Å². The zero-order chi connectivity index (χ0) is 32.2. The lowest BCUT2D eigenvalue weighted by Crippen LogP contribution is -2.32. The minimum Gasteiger partial charge on any atom is -0.495 e. The lowest BCUT2D eigenvalue weighted by molar-refractivity contribution is -0.111. The molecule has 2 aliphatic rings. The molecule has 45 heavy (non-hydrogen) atoms. The Labute approximate surface area is 264 Å². The molecule has 240 valence electrons. The van der Waals surface area contributed by atoms with Gasteiger partial charge >= 0.3 is 0 Å². The third kappa shape index (κ3) is 6.65. The number of carbonyl (C=O) groups excluding carboxylic acids is 1. The molecular formula is C32H37N3O8S2. The SMILES string of the molecule is COc1ccc(S(=O)(=O)N2CCCCCC2)cc1NC(=O)/C=C/c1cc(OC)c(OC)c(S(=O)(=O)N2CCc3ccccc32)c1. The first-order chi connectivity index (χ1) is 21.6. The van der Waals surface area contributed by atoms with E-state index in [2.05, 4.69) is 5.32 Å². The maximum atomic E-state index is 13.9. The number of rotatable bonds is 10. The average Bonchev–Trinajstić information content (AvgIpc) is 3.29. The number of amides is 1. The number of anilines is 2. The minimum absolute atomic E-state index is 0.0515. The first-order valence-electron chi connectivity index (χ1n) is 14.6. The van der Waals surface area contributed by atoms with Gasteiger partial charge in [-0.3, -0.25) is 9.10 Å². The van der Waals surface area contributed by atoms with Gasteiger partial charge in [0.15, 0.2) is 11.5 Å². The van der Waals surface area contributed by atoms with Gasteiger partial charge < -0.3 is 19.5 Å². The summed E-state index contributed by atoms with van der Waals surface area (Å²) in [5.41, 5.74) is 2.09. The second-order valence-electron chi connectivity index (χ2n) is 10.7. The zero-order valence-electron chi connectivity index (χ0n) is 25.5. The Kier molecular flexibility index (Phi) is 9.70. The summed E-state index contributed by atoms with van der Waals surface area (Å²) in [5, 5.41) is 2.70. The molecule has 1 N–H and O–H groups in total. The van der Waals surface area contributed by atoms with Crippen molar-refractivity contribution < 1.29 is 35.8 Å². The van der Waals surface area contributed by atoms with Crippen LogP contribution in [0.4, 0.5) is 11.4 Å². The number of methoxy groups -OCH3 is 3. The Hall–Kier alpha value is -4.07. The highest BCUT2D eigenvalue weighted by Gasteiger charge is 2.34. The lowest BCUT2D eigenvalue weighted by atomic mass is 10.2. The van der Waals surface area contributed by atoms with E-state index in [0.717, 1.165) is 31.2 Å². The summed E-state index contributed by atoms with van der Waals surface area (Å²) in [5.74, 6) is -0.0582. The number of para-hydroxylation sites is 1. The van der Waals surface area contributed by atoms with E-state index in [1.807, 2.05) is 12.1 Å². The molecule has 1 saturated heterocycles. The summed E-state index contributed by atoms with van der Waals surface area (Å²) < 4.78 is 73.7. The van der Waals surface area contributed by atoms with Crippen LogP contribution in [0.2, 0.25) is 0 Å². The monoisotopic (exact) mass is 655 g/mol. The molecule has 11 nitrogen and oxygen atoms in total. The molecule has 0 aromatic heterocycles. The van der Waals surface area contributed by atoms with Crippen molar-refractivity contribution in [1.29, 1.82) is 0 Å². The molecule has 0 spiro atoms. The minimum atomic E-state index is -4.06. The molecule has 2 heterocycles. The van der Waals surface area contributed by atoms with E-state index in [1.165, 1.54) is 66.4 Å². The molecule has 0 saturated carbocycles. The number of nitrogens with one attached hydrogen (secondary N) is 1. The van der Waals surface area contributed by atoms with Crippen molar-refractivity contribution in [2.75, 3.05) is 50.6 Å². The fourth-order valence-electron chi connectivity index (χ4n) is 5.64. The van der Waals surface area contributed by atoms with Crippen LogP contribution in [0.1, 0.15) is 36.8 Å². The van der Waals surface area contributed by atoms with Crippen LogP contribution >= 0.6 is 0 Å². The van der Waals surface area contributed by atoms with E-state index in [9.17, 15) is 21.6 Å². The number of hydrogen-bond acceptors (Lipinski definition) is 8. The van der Waals surface area contributed by atoms with Crippen LogP contribution in [0.25, 0.3) is 6.08 Å². The predicted octanol–water partition coefficient (Wildman–Crippen LogP) is 4.68. The molecule has 13 heteroatoms. The fourth-order valence-corrected chi connectivity index (χ4v) is 8.89. The number of sulfonamides is 2. The maximum absolute atomic E-state index is 13.9. The van der Waals surface area contributed by atoms with Crippen molar-refractivity contribution in [2.45, 2.75) is 41.9 Å². The molecule has 0 radical (unpaired) electrons. The van der Waals surface area contributed by atoms with Gasteiger partial charge in [-0.1, -0.05) is 31.0 Å². The van der Waals surface area contributed by atoms with Crippen LogP contribution < -0.4 is 23.8 Å². The van der Waals surface area contributed by atoms with E-state index >= 15 is 0 Å². The maximum Gasteiger partial charge on any atom is 0.268 e. The van der Waals surface area contributed by atoms with E-state index < -0.39 is 26.0 Å². The summed E-state index contributed by atoms with van der Waals surface area (Å²) in [4.78, 5) is 13.0. The standard InChI is InChI=1S/C32H37N3O8S2/c1-41-28-14-13-25(44(37,38)34-17-8-4-5-9-18-34)22-26(28)33-31(36)15-12-23-20-29(42-2)32(43-3)30(21-23)45(39,40)35-19-16-24-10-6-7-11-27(24)35/h6-7,10-15,20-22H,4-5,8-9,16-19H2,1-3H3,(H,33,36)/b15-12+. The molecule has 1 fully saturated rings. The number of fused-ring (bicyclic) bond motifs is 1. The van der Waals surface area contributed by atoms with Crippen molar-refractivity contribution in [3.63, 3.8) is 0 Å². The van der Waals surface area contributed by atoms with E-state index in [1.54, 1.807) is 18.2 Å². The number of benzene rings is 3. The molecule has 0 atom stereocenters. The predicted molar refractivity (Wildman–Crippen MR) is 172 cm³/mol. The highest BCUT2D eigenvalue weighted by molar-refractivity contribution is 7.93. The molecule has 3 aromatic carbocycles. The number of carbonyl (C=O) groups is 1. The molecule has 1 amide bonds. The molecule has 0 unspecified atom stereocenters. The average molecular weight is 656 g/mol. The van der Waals surface area contributed by atoms with Gasteiger partial charge in [-0.2, -0.15) is 4.31 Å². The van der Waals surface area contributed by atoms with Crippen LogP contribution in [0.5, 0.6) is 17.2 Å². The summed E-state index contributed by atoms with van der Waals surface area (Å²) in [6, 6.07) is 14.7. The smallest absolute Gasteiger partial charge is 0.268 e. The first kappa shape index (κ1) is 32.3. The van der Waals surface area contributed by atoms with Crippen molar-refractivity contribution in [3.8, 4) is 17.2 Å². The fraction of sp³-hybridized carbons (Fsp3) is 0.344. The molecule has 3 aromatic rings. The summed E-state index contributed by atoms with van der Waals surface area (Å²) in [6.45, 7) is 1.18. The van der Waals surface area contributed by atoms with E-state index in [0.29, 0.717) is 30.8 Å². The third-order valence-corrected chi connectivity index (χ3v) is 11.7. The molecule has 2 aliphatic heterocycles. The van der Waals surface area contributed by atoms with E-state index in [4.69, 9.17) is 14.2 Å². The Morgan fingerprint density at radius 1 is 0.800 bits per heavy atom. The summed E-state index contributed by atoms with van der Waals surface area (Å²) >= 11 is 0. The second kappa shape index (κ2) is 13.5. The van der Waals surface area contributed by atoms with Gasteiger partial charge in [0.25, 0.3) is 10.0 Å². The largest absolute Gasteiger partial charge is 0.495 e. The Bertz CT molecular complexity index is 1820. The third-order valence-electron chi connectivity index (χ3n) is 7.94. The van der Waals surface area contributed by atoms with Crippen LogP contribution in [0.15, 0.2) is 70.5 Å². The van der Waals surface area contributed by atoms with Gasteiger partial charge in [0, 0.05) is 25.7 Å². The van der Waals surface area contributed by atoms with Crippen molar-refractivity contribution in [1.82, 2.24) is 4.31 Å². The van der Waals surface area contributed by atoms with Gasteiger partial charge in [-0.15, -0.1) is 0 Å². The number of hydrogen-bond donors (Lipinski definition) is 1. The number of nitrogens with zero attached hydrogens (tertiary/aromatic N) is 2. The summed E-state index contributed by atoms with van der Waals surface area (Å²) in [7, 11) is -3.63. The number of ether oxygens (including phenoxy) is 3. The molecular weight excluding hydrogens is 618 g/mol. The Balaban J connectivity index is 1.42. The van der Waals surface area contributed by atoms with Crippen molar-refractivity contribution >= 4 is 43.4 Å². The van der Waals surface area contributed by atoms with Gasteiger partial charge in [-0.05, 0) is 72.9 Å².